The summed E-state index contributed by atoms with van der Waals surface area (Å²) >= 11 is 5.35. The molecule has 0 saturated carbocycles. The second-order valence-corrected chi connectivity index (χ2v) is 13.7. The van der Waals surface area contributed by atoms with E-state index >= 15 is 0 Å². The van der Waals surface area contributed by atoms with Gasteiger partial charge in [0.25, 0.3) is 0 Å². The minimum atomic E-state index is -5.22. The highest BCUT2D eigenvalue weighted by Crippen LogP contribution is 2.45. The van der Waals surface area contributed by atoms with Crippen LogP contribution in [0, 0.1) is 5.92 Å². The number of carbonyl (C=O) groups is 2. The Labute approximate surface area is 185 Å². The van der Waals surface area contributed by atoms with Gasteiger partial charge in [-0.3, -0.25) is 9.59 Å². The third-order valence-electron chi connectivity index (χ3n) is 6.18. The van der Waals surface area contributed by atoms with Gasteiger partial charge < -0.3 is 29.4 Å². The highest BCUT2D eigenvalue weighted by Gasteiger charge is 2.53. The molecule has 3 N–H and O–H groups in total. The number of rotatable bonds is 8. The van der Waals surface area contributed by atoms with E-state index < -0.39 is 69.5 Å². The maximum atomic E-state index is 12.8. The van der Waals surface area contributed by atoms with Crippen molar-refractivity contribution in [2.75, 3.05) is 12.5 Å². The van der Waals surface area contributed by atoms with Crippen LogP contribution in [0.5, 0.6) is 0 Å². The minimum absolute atomic E-state index is 0.136. The van der Waals surface area contributed by atoms with E-state index in [9.17, 15) is 33.0 Å². The second kappa shape index (κ2) is 10.3. The van der Waals surface area contributed by atoms with Crippen LogP contribution in [0.1, 0.15) is 27.7 Å². The smallest absolute Gasteiger partial charge is 0.462 e. The average molecular weight is 494 g/mol. The third kappa shape index (κ3) is 6.78. The molecule has 0 aliphatic carbocycles. The standard InChI is InChI=1S/C18H31ClF3NO7Si/c1-9(2)17(3,4)31(5,6)30-15-12(23-16(27)18(20,21)22)14(26)13(25)10(29-15)8-28-11(24)7-19/h9-10,12-15,25-26H,7-8H2,1-6H3,(H,23,27)/t10-,12-,13+,14-,15+/m1/s1. The monoisotopic (exact) mass is 493 g/mol. The van der Waals surface area contributed by atoms with Gasteiger partial charge in [-0.1, -0.05) is 27.7 Å². The van der Waals surface area contributed by atoms with Gasteiger partial charge in [-0.05, 0) is 24.1 Å². The first-order valence-corrected chi connectivity index (χ1v) is 13.2. The third-order valence-corrected chi connectivity index (χ3v) is 10.9. The Morgan fingerprint density at radius 1 is 1.19 bits per heavy atom. The lowest BCUT2D eigenvalue weighted by Gasteiger charge is -2.49. The summed E-state index contributed by atoms with van der Waals surface area (Å²) in [5, 5.41) is 22.1. The molecular weight excluding hydrogens is 463 g/mol. The number of halogens is 4. The van der Waals surface area contributed by atoms with E-state index in [-0.39, 0.29) is 11.0 Å². The number of carbonyl (C=O) groups excluding carboxylic acids is 2. The van der Waals surface area contributed by atoms with Gasteiger partial charge in [0.05, 0.1) is 0 Å². The molecule has 0 aromatic rings. The number of hydrogen-bond donors (Lipinski definition) is 3. The van der Waals surface area contributed by atoms with Gasteiger partial charge in [-0.25, -0.2) is 0 Å². The van der Waals surface area contributed by atoms with Crippen LogP contribution in [-0.2, 0) is 23.5 Å². The zero-order valence-corrected chi connectivity index (χ0v) is 20.1. The SMILES string of the molecule is CC(C)C(C)(C)[Si](C)(C)O[C@@H]1O[C@H](COC(=O)CCl)[C@H](O)[C@H](O)[C@H]1NC(=O)C(F)(F)F. The molecule has 1 rings (SSSR count). The van der Waals surface area contributed by atoms with Crippen molar-refractivity contribution in [1.29, 1.82) is 0 Å². The molecule has 31 heavy (non-hydrogen) atoms. The number of esters is 1. The summed E-state index contributed by atoms with van der Waals surface area (Å²) in [5.74, 6) is -3.45. The fraction of sp³-hybridized carbons (Fsp3) is 0.889. The summed E-state index contributed by atoms with van der Waals surface area (Å²) in [6.45, 7) is 11.0. The van der Waals surface area contributed by atoms with Crippen molar-refractivity contribution in [1.82, 2.24) is 5.32 Å². The van der Waals surface area contributed by atoms with Gasteiger partial charge in [0.1, 0.15) is 36.8 Å². The number of ether oxygens (including phenoxy) is 2. The van der Waals surface area contributed by atoms with Crippen molar-refractivity contribution in [3.8, 4) is 0 Å². The molecule has 0 bridgehead atoms. The predicted molar refractivity (Wildman–Crippen MR) is 108 cm³/mol. The molecule has 13 heteroatoms. The quantitative estimate of drug-likeness (QED) is 0.269. The van der Waals surface area contributed by atoms with Gasteiger partial charge in [-0.15, -0.1) is 11.6 Å². The van der Waals surface area contributed by atoms with Crippen LogP contribution >= 0.6 is 11.6 Å². The maximum Gasteiger partial charge on any atom is 0.471 e. The molecule has 0 aromatic carbocycles. The van der Waals surface area contributed by atoms with Crippen molar-refractivity contribution in [2.24, 2.45) is 5.92 Å². The second-order valence-electron chi connectivity index (χ2n) is 8.84. The number of aliphatic hydroxyl groups excluding tert-OH is 2. The molecule has 1 saturated heterocycles. The van der Waals surface area contributed by atoms with Crippen molar-refractivity contribution >= 4 is 31.8 Å². The Morgan fingerprint density at radius 2 is 1.74 bits per heavy atom. The van der Waals surface area contributed by atoms with Crippen molar-refractivity contribution < 1.29 is 46.9 Å². The van der Waals surface area contributed by atoms with Gasteiger partial charge in [0.2, 0.25) is 0 Å². The predicted octanol–water partition coefficient (Wildman–Crippen LogP) is 1.92. The number of aliphatic hydroxyl groups is 2. The van der Waals surface area contributed by atoms with E-state index in [0.29, 0.717) is 0 Å². The summed E-state index contributed by atoms with van der Waals surface area (Å²) in [4.78, 5) is 22.8. The molecule has 182 valence electrons. The number of hydrogen-bond acceptors (Lipinski definition) is 7. The van der Waals surface area contributed by atoms with E-state index in [0.717, 1.165) is 0 Å². The van der Waals surface area contributed by atoms with Crippen LogP contribution in [0.3, 0.4) is 0 Å². The summed E-state index contributed by atoms with van der Waals surface area (Å²) in [6.07, 6.45) is -11.7. The molecule has 1 fully saturated rings. The van der Waals surface area contributed by atoms with Crippen LogP contribution in [0.2, 0.25) is 18.1 Å². The van der Waals surface area contributed by atoms with Crippen molar-refractivity contribution in [3.63, 3.8) is 0 Å². The Balaban J connectivity index is 3.21. The summed E-state index contributed by atoms with van der Waals surface area (Å²) < 4.78 is 55.0. The van der Waals surface area contributed by atoms with E-state index in [1.807, 2.05) is 40.8 Å². The zero-order chi connectivity index (χ0) is 24.4. The molecule has 0 aromatic heterocycles. The van der Waals surface area contributed by atoms with Crippen LogP contribution in [-0.4, -0.2) is 79.7 Å². The Bertz CT molecular complexity index is 648. The number of amides is 1. The van der Waals surface area contributed by atoms with Crippen LogP contribution in [0.4, 0.5) is 13.2 Å². The molecule has 1 aliphatic heterocycles. The first-order valence-electron chi connectivity index (χ1n) is 9.74. The zero-order valence-electron chi connectivity index (χ0n) is 18.3. The molecule has 1 heterocycles. The van der Waals surface area contributed by atoms with E-state index in [1.165, 1.54) is 0 Å². The van der Waals surface area contributed by atoms with E-state index in [2.05, 4.69) is 0 Å². The molecule has 0 unspecified atom stereocenters. The molecular formula is C18H31ClF3NO7Si. The number of alkyl halides is 4. The lowest BCUT2D eigenvalue weighted by molar-refractivity contribution is -0.252. The fourth-order valence-corrected chi connectivity index (χ4v) is 5.46. The molecule has 8 nitrogen and oxygen atoms in total. The first kappa shape index (κ1) is 28.1. The molecule has 1 aliphatic rings. The van der Waals surface area contributed by atoms with Gasteiger partial charge in [0, 0.05) is 0 Å². The summed E-state index contributed by atoms with van der Waals surface area (Å²) in [6, 6.07) is -1.71. The van der Waals surface area contributed by atoms with E-state index in [1.54, 1.807) is 5.32 Å². The van der Waals surface area contributed by atoms with Crippen LogP contribution in [0.15, 0.2) is 0 Å². The van der Waals surface area contributed by atoms with Gasteiger partial charge in [-0.2, -0.15) is 13.2 Å². The Morgan fingerprint density at radius 3 is 2.19 bits per heavy atom. The topological polar surface area (TPSA) is 114 Å². The Hall–Kier alpha value is -0.923. The van der Waals surface area contributed by atoms with Gasteiger partial charge >= 0.3 is 18.1 Å². The summed E-state index contributed by atoms with van der Waals surface area (Å²) in [7, 11) is -2.73. The van der Waals surface area contributed by atoms with E-state index in [4.69, 9.17) is 25.5 Å². The van der Waals surface area contributed by atoms with Crippen LogP contribution < -0.4 is 5.32 Å². The molecule has 0 spiro atoms. The van der Waals surface area contributed by atoms with Gasteiger partial charge in [0.15, 0.2) is 14.6 Å². The normalized spacial score (nSPS) is 27.8. The molecule has 5 atom stereocenters. The summed E-state index contributed by atoms with van der Waals surface area (Å²) in [5.41, 5.74) is 0. The lowest BCUT2D eigenvalue weighted by Crippen LogP contribution is -2.67. The largest absolute Gasteiger partial charge is 0.471 e. The van der Waals surface area contributed by atoms with Crippen molar-refractivity contribution in [3.05, 3.63) is 0 Å². The minimum Gasteiger partial charge on any atom is -0.462 e. The Kier molecular flexibility index (Phi) is 9.38. The fourth-order valence-electron chi connectivity index (χ4n) is 2.91. The first-order chi connectivity index (χ1) is 14.0. The molecule has 0 radical (unpaired) electrons. The highest BCUT2D eigenvalue weighted by molar-refractivity contribution is 6.74. The lowest BCUT2D eigenvalue weighted by atomic mass is 9.97. The maximum absolute atomic E-state index is 12.8. The van der Waals surface area contributed by atoms with Crippen molar-refractivity contribution in [2.45, 2.75) is 82.6 Å². The molecule has 1 amide bonds. The highest BCUT2D eigenvalue weighted by atomic mass is 35.5. The number of nitrogens with one attached hydrogen (secondary N) is 1. The average Bonchev–Trinajstić information content (AvgIpc) is 2.64. The van der Waals surface area contributed by atoms with Crippen LogP contribution in [0.25, 0.3) is 0 Å².